The van der Waals surface area contributed by atoms with Gasteiger partial charge in [0.2, 0.25) is 5.91 Å². The number of nitrogens with one attached hydrogen (secondary N) is 1. The molecule has 27 heavy (non-hydrogen) atoms. The van der Waals surface area contributed by atoms with Gasteiger partial charge >= 0.3 is 5.97 Å². The lowest BCUT2D eigenvalue weighted by atomic mass is 9.79. The Kier molecular flexibility index (Phi) is 6.99. The Morgan fingerprint density at radius 3 is 2.15 bits per heavy atom. The number of anilines is 1. The molecule has 2 amide bonds. The highest BCUT2D eigenvalue weighted by molar-refractivity contribution is 5.96. The fraction of sp³-hybridized carbons (Fsp3) is 0.571. The summed E-state index contributed by atoms with van der Waals surface area (Å²) in [6, 6.07) is 6.80. The van der Waals surface area contributed by atoms with Gasteiger partial charge in [0.15, 0.2) is 0 Å². The first-order valence-corrected chi connectivity index (χ1v) is 9.74. The predicted molar refractivity (Wildman–Crippen MR) is 105 cm³/mol. The van der Waals surface area contributed by atoms with Gasteiger partial charge < -0.3 is 15.3 Å². The van der Waals surface area contributed by atoms with Crippen LogP contribution in [0.5, 0.6) is 0 Å². The highest BCUT2D eigenvalue weighted by Gasteiger charge is 2.37. The van der Waals surface area contributed by atoms with Crippen LogP contribution in [0.3, 0.4) is 0 Å². The number of amides is 2. The molecule has 2 rings (SSSR count). The van der Waals surface area contributed by atoms with Crippen LogP contribution < -0.4 is 5.32 Å². The lowest BCUT2D eigenvalue weighted by molar-refractivity contribution is -0.151. The lowest BCUT2D eigenvalue weighted by Crippen LogP contribution is -2.37. The highest BCUT2D eigenvalue weighted by Crippen LogP contribution is 2.31. The van der Waals surface area contributed by atoms with Crippen molar-refractivity contribution in [2.24, 2.45) is 11.3 Å². The van der Waals surface area contributed by atoms with E-state index in [2.05, 4.69) is 12.2 Å². The Hall–Kier alpha value is -2.37. The zero-order valence-corrected chi connectivity index (χ0v) is 16.5. The van der Waals surface area contributed by atoms with Gasteiger partial charge in [0.05, 0.1) is 5.41 Å². The number of piperidine rings is 1. The quantitative estimate of drug-likeness (QED) is 0.760. The number of carboxylic acid groups (broad SMARTS) is 1. The van der Waals surface area contributed by atoms with E-state index in [-0.39, 0.29) is 18.2 Å². The van der Waals surface area contributed by atoms with Crippen molar-refractivity contribution < 1.29 is 19.5 Å². The maximum absolute atomic E-state index is 12.6. The number of carbonyl (C=O) groups is 3. The molecule has 0 aliphatic carbocycles. The predicted octanol–water partition coefficient (Wildman–Crippen LogP) is 3.78. The van der Waals surface area contributed by atoms with Gasteiger partial charge in [-0.3, -0.25) is 14.4 Å². The number of hydrogen-bond donors (Lipinski definition) is 2. The molecule has 1 aromatic rings. The lowest BCUT2D eigenvalue weighted by Gasteiger charge is -2.30. The van der Waals surface area contributed by atoms with E-state index in [4.69, 9.17) is 0 Å². The van der Waals surface area contributed by atoms with Gasteiger partial charge in [-0.15, -0.1) is 0 Å². The van der Waals surface area contributed by atoms with Crippen LogP contribution in [0, 0.1) is 11.3 Å². The smallest absolute Gasteiger partial charge is 0.310 e. The summed E-state index contributed by atoms with van der Waals surface area (Å²) < 4.78 is 0. The number of rotatable bonds is 7. The van der Waals surface area contributed by atoms with Crippen molar-refractivity contribution in [1.82, 2.24) is 4.90 Å². The number of nitrogens with zero attached hydrogens (tertiary/aromatic N) is 1. The maximum atomic E-state index is 12.6. The second-order valence-corrected chi connectivity index (χ2v) is 7.57. The molecule has 148 valence electrons. The zero-order valence-electron chi connectivity index (χ0n) is 16.5. The Morgan fingerprint density at radius 1 is 1.11 bits per heavy atom. The largest absolute Gasteiger partial charge is 0.481 e. The minimum absolute atomic E-state index is 0.0154. The Labute approximate surface area is 160 Å². The molecule has 0 spiro atoms. The van der Waals surface area contributed by atoms with Gasteiger partial charge in [-0.1, -0.05) is 20.8 Å². The molecular formula is C21H30N2O4. The van der Waals surface area contributed by atoms with Crippen LogP contribution in [0.25, 0.3) is 0 Å². The summed E-state index contributed by atoms with van der Waals surface area (Å²) in [6.45, 7) is 7.34. The molecule has 0 bridgehead atoms. The van der Waals surface area contributed by atoms with Gasteiger partial charge in [0.1, 0.15) is 0 Å². The van der Waals surface area contributed by atoms with Crippen LogP contribution in [0.4, 0.5) is 5.69 Å². The molecule has 0 radical (unpaired) electrons. The van der Waals surface area contributed by atoms with Gasteiger partial charge in [0.25, 0.3) is 5.91 Å². The van der Waals surface area contributed by atoms with Gasteiger partial charge in [0, 0.05) is 30.8 Å². The van der Waals surface area contributed by atoms with Crippen LogP contribution in [-0.2, 0) is 9.59 Å². The van der Waals surface area contributed by atoms with Crippen molar-refractivity contribution in [2.45, 2.75) is 52.9 Å². The third-order valence-corrected chi connectivity index (χ3v) is 5.79. The molecule has 0 saturated carbocycles. The maximum Gasteiger partial charge on any atom is 0.310 e. The number of benzene rings is 1. The summed E-state index contributed by atoms with van der Waals surface area (Å²) in [7, 11) is 0. The fourth-order valence-electron chi connectivity index (χ4n) is 3.48. The van der Waals surface area contributed by atoms with Gasteiger partial charge in [-0.05, 0) is 55.9 Å². The van der Waals surface area contributed by atoms with E-state index in [0.29, 0.717) is 30.0 Å². The minimum Gasteiger partial charge on any atom is -0.481 e. The summed E-state index contributed by atoms with van der Waals surface area (Å²) in [5, 5.41) is 12.2. The average molecular weight is 374 g/mol. The summed E-state index contributed by atoms with van der Waals surface area (Å²) in [6.07, 6.45) is 2.78. The van der Waals surface area contributed by atoms with Crippen LogP contribution in [0.15, 0.2) is 24.3 Å². The molecule has 0 unspecified atom stereocenters. The molecule has 0 aromatic heterocycles. The molecule has 6 nitrogen and oxygen atoms in total. The normalized spacial score (nSPS) is 15.4. The summed E-state index contributed by atoms with van der Waals surface area (Å²) in [4.78, 5) is 38.3. The minimum atomic E-state index is -1.04. The van der Waals surface area contributed by atoms with E-state index in [1.165, 1.54) is 0 Å². The molecule has 1 saturated heterocycles. The summed E-state index contributed by atoms with van der Waals surface area (Å²) in [5.74, 6) is -0.595. The van der Waals surface area contributed by atoms with Crippen LogP contribution in [-0.4, -0.2) is 40.9 Å². The molecule has 1 aromatic carbocycles. The average Bonchev–Trinajstić information content (AvgIpc) is 2.66. The summed E-state index contributed by atoms with van der Waals surface area (Å²) in [5.41, 5.74) is 0.130. The van der Waals surface area contributed by atoms with E-state index in [1.54, 1.807) is 38.1 Å². The molecule has 1 heterocycles. The third kappa shape index (κ3) is 5.08. The zero-order chi connectivity index (χ0) is 20.0. The molecular weight excluding hydrogens is 344 g/mol. The van der Waals surface area contributed by atoms with E-state index < -0.39 is 11.4 Å². The number of hydrogen-bond acceptors (Lipinski definition) is 3. The Bertz CT molecular complexity index is 672. The van der Waals surface area contributed by atoms with Gasteiger partial charge in [-0.2, -0.15) is 0 Å². The van der Waals surface area contributed by atoms with E-state index in [1.807, 2.05) is 4.90 Å². The number of carbonyl (C=O) groups excluding carboxylic acids is 2. The Balaban J connectivity index is 1.98. The van der Waals surface area contributed by atoms with Crippen LogP contribution >= 0.6 is 0 Å². The fourth-order valence-corrected chi connectivity index (χ4v) is 3.48. The van der Waals surface area contributed by atoms with Crippen LogP contribution in [0.1, 0.15) is 63.2 Å². The highest BCUT2D eigenvalue weighted by atomic mass is 16.4. The van der Waals surface area contributed by atoms with Gasteiger partial charge in [-0.25, -0.2) is 0 Å². The van der Waals surface area contributed by atoms with Crippen molar-refractivity contribution in [3.05, 3.63) is 29.8 Å². The number of aliphatic carboxylic acids is 1. The van der Waals surface area contributed by atoms with Crippen molar-refractivity contribution >= 4 is 23.5 Å². The molecule has 6 heteroatoms. The third-order valence-electron chi connectivity index (χ3n) is 5.79. The molecule has 1 aliphatic heterocycles. The van der Waals surface area contributed by atoms with E-state index in [9.17, 15) is 19.5 Å². The second-order valence-electron chi connectivity index (χ2n) is 7.57. The SMILES string of the molecule is CCC(CC)(CC(=O)Nc1ccc(C(=O)N2CCC(C)CC2)cc1)C(=O)O. The first-order valence-electron chi connectivity index (χ1n) is 9.74. The molecule has 2 N–H and O–H groups in total. The summed E-state index contributed by atoms with van der Waals surface area (Å²) >= 11 is 0. The first kappa shape index (κ1) is 20.9. The van der Waals surface area contributed by atoms with E-state index >= 15 is 0 Å². The van der Waals surface area contributed by atoms with Crippen molar-refractivity contribution in [3.8, 4) is 0 Å². The molecule has 0 atom stereocenters. The number of carboxylic acids is 1. The molecule has 1 fully saturated rings. The second kappa shape index (κ2) is 9.02. The Morgan fingerprint density at radius 2 is 1.67 bits per heavy atom. The van der Waals surface area contributed by atoms with Crippen LogP contribution in [0.2, 0.25) is 0 Å². The molecule has 1 aliphatic rings. The van der Waals surface area contributed by atoms with Crippen molar-refractivity contribution in [3.63, 3.8) is 0 Å². The van der Waals surface area contributed by atoms with E-state index in [0.717, 1.165) is 25.9 Å². The topological polar surface area (TPSA) is 86.7 Å². The monoisotopic (exact) mass is 374 g/mol. The standard InChI is InChI=1S/C21H30N2O4/c1-4-21(5-2,20(26)27)14-18(24)22-17-8-6-16(7-9-17)19(25)23-12-10-15(3)11-13-23/h6-9,15H,4-5,10-14H2,1-3H3,(H,22,24)(H,26,27). The van der Waals surface area contributed by atoms with Crippen molar-refractivity contribution in [1.29, 1.82) is 0 Å². The van der Waals surface area contributed by atoms with Crippen molar-refractivity contribution in [2.75, 3.05) is 18.4 Å². The first-order chi connectivity index (χ1) is 12.8. The number of likely N-dealkylation sites (tertiary alicyclic amines) is 1.